The lowest BCUT2D eigenvalue weighted by Crippen LogP contribution is -2.51. The van der Waals surface area contributed by atoms with Crippen molar-refractivity contribution in [1.29, 1.82) is 0 Å². The number of carbonyl (C=O) groups excluding carboxylic acids is 1. The number of nitrogens with zero attached hydrogens (tertiary/aromatic N) is 4. The lowest BCUT2D eigenvalue weighted by molar-refractivity contribution is -0.385. The van der Waals surface area contributed by atoms with Gasteiger partial charge in [-0.25, -0.2) is 0 Å². The molecule has 0 spiro atoms. The molecule has 114 valence electrons. The summed E-state index contributed by atoms with van der Waals surface area (Å²) in [6.07, 6.45) is 3.64. The van der Waals surface area contributed by atoms with Gasteiger partial charge in [0.15, 0.2) is 0 Å². The Morgan fingerprint density at radius 1 is 1.36 bits per heavy atom. The molecule has 2 heterocycles. The van der Waals surface area contributed by atoms with Gasteiger partial charge in [0.25, 0.3) is 0 Å². The van der Waals surface area contributed by atoms with Crippen molar-refractivity contribution >= 4 is 12.0 Å². The minimum Gasteiger partial charge on any atom is -0.302 e. The molecule has 0 amide bonds. The van der Waals surface area contributed by atoms with Crippen molar-refractivity contribution in [2.75, 3.05) is 19.6 Å². The highest BCUT2D eigenvalue weighted by atomic mass is 16.6. The third kappa shape index (κ3) is 2.75. The van der Waals surface area contributed by atoms with Gasteiger partial charge in [-0.1, -0.05) is 30.3 Å². The maximum atomic E-state index is 10.9. The van der Waals surface area contributed by atoms with Crippen LogP contribution in [0, 0.1) is 16.0 Å². The molecule has 1 aromatic carbocycles. The predicted molar refractivity (Wildman–Crippen MR) is 79.5 cm³/mol. The first-order chi connectivity index (χ1) is 10.7. The van der Waals surface area contributed by atoms with Crippen LogP contribution in [0.3, 0.4) is 0 Å². The number of aldehydes is 1. The number of benzene rings is 1. The Balaban J connectivity index is 1.87. The topological polar surface area (TPSA) is 81.3 Å². The molecule has 7 nitrogen and oxygen atoms in total. The van der Waals surface area contributed by atoms with E-state index in [-0.39, 0.29) is 17.6 Å². The van der Waals surface area contributed by atoms with Crippen molar-refractivity contribution in [3.8, 4) is 0 Å². The zero-order valence-corrected chi connectivity index (χ0v) is 11.9. The summed E-state index contributed by atoms with van der Waals surface area (Å²) >= 11 is 0. The Labute approximate surface area is 127 Å². The van der Waals surface area contributed by atoms with Gasteiger partial charge >= 0.3 is 5.69 Å². The van der Waals surface area contributed by atoms with E-state index in [1.54, 1.807) is 4.68 Å². The van der Waals surface area contributed by atoms with Crippen LogP contribution in [0.15, 0.2) is 42.7 Å². The molecule has 1 aromatic heterocycles. The summed E-state index contributed by atoms with van der Waals surface area (Å²) in [5, 5.41) is 15.0. The highest BCUT2D eigenvalue weighted by molar-refractivity contribution is 5.52. The van der Waals surface area contributed by atoms with Crippen LogP contribution >= 0.6 is 0 Å². The van der Waals surface area contributed by atoms with E-state index in [1.165, 1.54) is 12.4 Å². The van der Waals surface area contributed by atoms with Crippen molar-refractivity contribution in [3.63, 3.8) is 0 Å². The van der Waals surface area contributed by atoms with Gasteiger partial charge in [0.2, 0.25) is 0 Å². The second-order valence-corrected chi connectivity index (χ2v) is 5.44. The Morgan fingerprint density at radius 2 is 2.09 bits per heavy atom. The molecule has 0 saturated carbocycles. The number of nitro groups is 1. The molecule has 3 rings (SSSR count). The second kappa shape index (κ2) is 6.07. The van der Waals surface area contributed by atoms with Crippen LogP contribution in [-0.4, -0.2) is 45.5 Å². The van der Waals surface area contributed by atoms with E-state index < -0.39 is 4.92 Å². The van der Waals surface area contributed by atoms with E-state index >= 15 is 0 Å². The molecule has 0 N–H and O–H groups in total. The summed E-state index contributed by atoms with van der Waals surface area (Å²) in [6, 6.07) is 9.77. The highest BCUT2D eigenvalue weighted by Crippen LogP contribution is 2.33. The number of rotatable bonds is 6. The third-order valence-corrected chi connectivity index (χ3v) is 3.99. The van der Waals surface area contributed by atoms with Crippen LogP contribution in [0.4, 0.5) is 5.69 Å². The van der Waals surface area contributed by atoms with Crippen LogP contribution in [0.1, 0.15) is 11.6 Å². The Bertz CT molecular complexity index is 664. The fraction of sp³-hybridized carbons (Fsp3) is 0.333. The fourth-order valence-electron chi connectivity index (χ4n) is 2.93. The van der Waals surface area contributed by atoms with Crippen molar-refractivity contribution in [2.24, 2.45) is 5.92 Å². The standard InChI is InChI=1S/C15H16N4O3/c20-7-6-17-9-13(10-17)15(12-4-2-1-3-5-12)18-11-14(8-16-18)19(21)22/h1-5,7-8,11,13,15H,6,9-10H2. The molecule has 0 radical (unpaired) electrons. The van der Waals surface area contributed by atoms with E-state index in [0.29, 0.717) is 6.54 Å². The molecular formula is C15H16N4O3. The predicted octanol–water partition coefficient (Wildman–Crippen LogP) is 1.51. The molecule has 1 fully saturated rings. The zero-order chi connectivity index (χ0) is 15.5. The van der Waals surface area contributed by atoms with E-state index in [9.17, 15) is 14.9 Å². The maximum Gasteiger partial charge on any atom is 0.307 e. The SMILES string of the molecule is O=CCN1CC(C(c2ccccc2)n2cc([N+](=O)[O-])cn2)C1. The van der Waals surface area contributed by atoms with Crippen molar-refractivity contribution in [3.05, 3.63) is 58.4 Å². The average molecular weight is 300 g/mol. The molecule has 0 bridgehead atoms. The molecule has 22 heavy (non-hydrogen) atoms. The van der Waals surface area contributed by atoms with E-state index in [1.807, 2.05) is 35.2 Å². The first-order valence-corrected chi connectivity index (χ1v) is 7.08. The number of hydrogen-bond donors (Lipinski definition) is 0. The normalized spacial score (nSPS) is 16.9. The van der Waals surface area contributed by atoms with Crippen LogP contribution < -0.4 is 0 Å². The molecule has 1 aliphatic heterocycles. The fourth-order valence-corrected chi connectivity index (χ4v) is 2.93. The summed E-state index contributed by atoms with van der Waals surface area (Å²) in [6.45, 7) is 2.00. The van der Waals surface area contributed by atoms with Gasteiger partial charge in [0, 0.05) is 19.0 Å². The van der Waals surface area contributed by atoms with Crippen LogP contribution in [0.2, 0.25) is 0 Å². The first-order valence-electron chi connectivity index (χ1n) is 7.08. The van der Waals surface area contributed by atoms with E-state index in [4.69, 9.17) is 0 Å². The molecule has 2 aromatic rings. The summed E-state index contributed by atoms with van der Waals surface area (Å²) in [5.74, 6) is 0.279. The second-order valence-electron chi connectivity index (χ2n) is 5.44. The summed E-state index contributed by atoms with van der Waals surface area (Å²) in [7, 11) is 0. The van der Waals surface area contributed by atoms with Crippen LogP contribution in [0.25, 0.3) is 0 Å². The van der Waals surface area contributed by atoms with Gasteiger partial charge in [0.05, 0.1) is 17.5 Å². The van der Waals surface area contributed by atoms with Crippen molar-refractivity contribution < 1.29 is 9.72 Å². The summed E-state index contributed by atoms with van der Waals surface area (Å²) in [4.78, 5) is 23.0. The molecule has 1 saturated heterocycles. The average Bonchev–Trinajstić information content (AvgIpc) is 2.96. The van der Waals surface area contributed by atoms with Gasteiger partial charge in [-0.2, -0.15) is 5.10 Å². The monoisotopic (exact) mass is 300 g/mol. The molecule has 0 aliphatic carbocycles. The molecule has 1 atom stereocenters. The maximum absolute atomic E-state index is 10.9. The molecule has 1 aliphatic rings. The van der Waals surface area contributed by atoms with Gasteiger partial charge < -0.3 is 4.79 Å². The van der Waals surface area contributed by atoms with E-state index in [0.717, 1.165) is 24.9 Å². The Hall–Kier alpha value is -2.54. The van der Waals surface area contributed by atoms with Crippen LogP contribution in [0.5, 0.6) is 0 Å². The number of hydrogen-bond acceptors (Lipinski definition) is 5. The molecule has 7 heteroatoms. The van der Waals surface area contributed by atoms with Gasteiger partial charge in [0.1, 0.15) is 18.7 Å². The van der Waals surface area contributed by atoms with Crippen molar-refractivity contribution in [1.82, 2.24) is 14.7 Å². The lowest BCUT2D eigenvalue weighted by atomic mass is 9.87. The quantitative estimate of drug-likeness (QED) is 0.459. The van der Waals surface area contributed by atoms with Gasteiger partial charge in [-0.05, 0) is 5.56 Å². The third-order valence-electron chi connectivity index (χ3n) is 3.99. The summed E-state index contributed by atoms with van der Waals surface area (Å²) < 4.78 is 1.66. The number of likely N-dealkylation sites (tertiary alicyclic amines) is 1. The smallest absolute Gasteiger partial charge is 0.302 e. The number of carbonyl (C=O) groups is 1. The van der Waals surface area contributed by atoms with Crippen LogP contribution in [-0.2, 0) is 4.79 Å². The van der Waals surface area contributed by atoms with E-state index in [2.05, 4.69) is 5.10 Å². The minimum absolute atomic E-state index is 0.00926. The molecule has 1 unspecified atom stereocenters. The molecular weight excluding hydrogens is 284 g/mol. The van der Waals surface area contributed by atoms with Gasteiger partial charge in [-0.3, -0.25) is 19.7 Å². The largest absolute Gasteiger partial charge is 0.307 e. The summed E-state index contributed by atoms with van der Waals surface area (Å²) in [5.41, 5.74) is 1.06. The van der Waals surface area contributed by atoms with Crippen molar-refractivity contribution in [2.45, 2.75) is 6.04 Å². The number of aromatic nitrogens is 2. The Kier molecular flexibility index (Phi) is 3.97. The minimum atomic E-state index is -0.439. The Morgan fingerprint density at radius 3 is 2.68 bits per heavy atom. The highest BCUT2D eigenvalue weighted by Gasteiger charge is 2.36. The van der Waals surface area contributed by atoms with Gasteiger partial charge in [-0.15, -0.1) is 0 Å². The first kappa shape index (κ1) is 14.4. The lowest BCUT2D eigenvalue weighted by Gasteiger charge is -2.42. The zero-order valence-electron chi connectivity index (χ0n) is 11.9.